The Morgan fingerprint density at radius 3 is 2.45 bits per heavy atom. The van der Waals surface area contributed by atoms with Crippen LogP contribution in [0.3, 0.4) is 0 Å². The molecule has 0 aromatic heterocycles. The first-order valence-electron chi connectivity index (χ1n) is 8.51. The molecule has 2 aliphatic carbocycles. The summed E-state index contributed by atoms with van der Waals surface area (Å²) in [7, 11) is -2.98. The molecule has 20 heavy (non-hydrogen) atoms. The van der Waals surface area contributed by atoms with Crippen molar-refractivity contribution < 1.29 is 8.42 Å². The van der Waals surface area contributed by atoms with Crippen LogP contribution in [0.5, 0.6) is 0 Å². The van der Waals surface area contributed by atoms with E-state index < -0.39 is 9.84 Å². The molecule has 2 fully saturated rings. The Labute approximate surface area is 124 Å². The summed E-state index contributed by atoms with van der Waals surface area (Å²) in [6.45, 7) is 5.16. The highest BCUT2D eigenvalue weighted by Gasteiger charge is 2.40. The van der Waals surface area contributed by atoms with Gasteiger partial charge in [-0.3, -0.25) is 0 Å². The summed E-state index contributed by atoms with van der Waals surface area (Å²) < 4.78 is 26.2. The van der Waals surface area contributed by atoms with Gasteiger partial charge in [0.25, 0.3) is 0 Å². The van der Waals surface area contributed by atoms with Crippen LogP contribution in [0.1, 0.15) is 71.6 Å². The molecular formula is C16H31NO2S. The first kappa shape index (κ1) is 16.3. The molecule has 2 aliphatic rings. The zero-order chi connectivity index (χ0) is 14.6. The van der Waals surface area contributed by atoms with Crippen molar-refractivity contribution in [3.63, 3.8) is 0 Å². The van der Waals surface area contributed by atoms with Crippen molar-refractivity contribution in [2.75, 3.05) is 6.54 Å². The quantitative estimate of drug-likeness (QED) is 0.811. The molecule has 0 heterocycles. The van der Waals surface area contributed by atoms with Crippen LogP contribution in [0.15, 0.2) is 0 Å². The molecule has 4 heteroatoms. The highest BCUT2D eigenvalue weighted by molar-refractivity contribution is 7.92. The lowest BCUT2D eigenvalue weighted by Crippen LogP contribution is -2.47. The lowest BCUT2D eigenvalue weighted by Gasteiger charge is -2.33. The number of nitrogens with one attached hydrogen (secondary N) is 1. The second-order valence-corrected chi connectivity index (χ2v) is 9.27. The molecule has 0 aromatic rings. The summed E-state index contributed by atoms with van der Waals surface area (Å²) >= 11 is 0. The molecule has 0 saturated heterocycles. The maximum atomic E-state index is 13.1. The van der Waals surface area contributed by atoms with Crippen LogP contribution in [0.2, 0.25) is 0 Å². The zero-order valence-electron chi connectivity index (χ0n) is 13.1. The topological polar surface area (TPSA) is 46.2 Å². The van der Waals surface area contributed by atoms with Gasteiger partial charge in [0.1, 0.15) is 0 Å². The van der Waals surface area contributed by atoms with Crippen LogP contribution < -0.4 is 5.32 Å². The number of rotatable bonds is 4. The van der Waals surface area contributed by atoms with Gasteiger partial charge in [-0.2, -0.15) is 0 Å². The molecule has 2 rings (SSSR count). The van der Waals surface area contributed by atoms with Crippen LogP contribution in [0, 0.1) is 5.92 Å². The second kappa shape index (κ2) is 7.26. The molecule has 0 aromatic carbocycles. The van der Waals surface area contributed by atoms with E-state index in [1.807, 2.05) is 0 Å². The van der Waals surface area contributed by atoms with Crippen molar-refractivity contribution in [1.82, 2.24) is 5.32 Å². The Morgan fingerprint density at radius 2 is 1.75 bits per heavy atom. The largest absolute Gasteiger partial charge is 0.313 e. The van der Waals surface area contributed by atoms with E-state index >= 15 is 0 Å². The maximum absolute atomic E-state index is 13.1. The Balaban J connectivity index is 2.15. The molecule has 0 spiro atoms. The average Bonchev–Trinajstić information content (AvgIpc) is 2.65. The maximum Gasteiger partial charge on any atom is 0.157 e. The first-order valence-corrected chi connectivity index (χ1v) is 10.1. The second-order valence-electron chi connectivity index (χ2n) is 6.82. The Morgan fingerprint density at radius 1 is 1.00 bits per heavy atom. The Kier molecular flexibility index (Phi) is 5.91. The van der Waals surface area contributed by atoms with E-state index in [0.29, 0.717) is 5.92 Å². The van der Waals surface area contributed by atoms with E-state index in [0.717, 1.165) is 45.1 Å². The molecular weight excluding hydrogens is 270 g/mol. The van der Waals surface area contributed by atoms with Gasteiger partial charge in [-0.1, -0.05) is 46.0 Å². The van der Waals surface area contributed by atoms with Crippen molar-refractivity contribution in [3.8, 4) is 0 Å². The van der Waals surface area contributed by atoms with Crippen LogP contribution in [0.25, 0.3) is 0 Å². The van der Waals surface area contributed by atoms with Gasteiger partial charge in [0.05, 0.1) is 10.5 Å². The molecule has 3 nitrogen and oxygen atoms in total. The number of sulfone groups is 1. The van der Waals surface area contributed by atoms with Crippen LogP contribution in [-0.2, 0) is 9.84 Å². The molecule has 0 radical (unpaired) electrons. The van der Waals surface area contributed by atoms with Gasteiger partial charge in [0.2, 0.25) is 0 Å². The Hall–Kier alpha value is -0.0900. The molecule has 0 amide bonds. The third kappa shape index (κ3) is 3.76. The van der Waals surface area contributed by atoms with Crippen LogP contribution in [-0.4, -0.2) is 31.5 Å². The van der Waals surface area contributed by atoms with Gasteiger partial charge in [-0.25, -0.2) is 8.42 Å². The molecule has 0 aliphatic heterocycles. The zero-order valence-corrected chi connectivity index (χ0v) is 13.9. The normalized spacial score (nSPS) is 36.5. The molecule has 118 valence electrons. The van der Waals surface area contributed by atoms with Crippen molar-refractivity contribution in [2.45, 2.75) is 88.2 Å². The van der Waals surface area contributed by atoms with Gasteiger partial charge < -0.3 is 5.32 Å². The predicted octanol–water partition coefficient (Wildman–Crippen LogP) is 3.29. The molecule has 4 atom stereocenters. The minimum absolute atomic E-state index is 0.0736. The molecule has 2 saturated carbocycles. The standard InChI is InChI=1S/C16H31NO2S/c1-3-17-15-10-5-4-6-11-16(15)20(18,19)14-9-7-8-13(2)12-14/h13-17H,3-12H2,1-2H3. The third-order valence-corrected chi connectivity index (χ3v) is 7.96. The van der Waals surface area contributed by atoms with E-state index in [1.54, 1.807) is 0 Å². The van der Waals surface area contributed by atoms with Crippen LogP contribution >= 0.6 is 0 Å². The van der Waals surface area contributed by atoms with E-state index in [1.165, 1.54) is 19.3 Å². The molecule has 0 bridgehead atoms. The summed E-state index contributed by atoms with van der Waals surface area (Å²) in [4.78, 5) is 0. The Bertz CT molecular complexity index is 393. The minimum Gasteiger partial charge on any atom is -0.313 e. The molecule has 1 N–H and O–H groups in total. The fourth-order valence-corrected chi connectivity index (χ4v) is 6.86. The average molecular weight is 301 g/mol. The summed E-state index contributed by atoms with van der Waals surface area (Å²) in [6.07, 6.45) is 9.40. The summed E-state index contributed by atoms with van der Waals surface area (Å²) in [5.41, 5.74) is 0. The highest BCUT2D eigenvalue weighted by atomic mass is 32.2. The minimum atomic E-state index is -2.98. The third-order valence-electron chi connectivity index (χ3n) is 5.19. The molecule has 4 unspecified atom stereocenters. The lowest BCUT2D eigenvalue weighted by atomic mass is 9.90. The van der Waals surface area contributed by atoms with Gasteiger partial charge >= 0.3 is 0 Å². The smallest absolute Gasteiger partial charge is 0.157 e. The van der Waals surface area contributed by atoms with E-state index in [4.69, 9.17) is 0 Å². The first-order chi connectivity index (χ1) is 9.55. The highest BCUT2D eigenvalue weighted by Crippen LogP contribution is 2.34. The van der Waals surface area contributed by atoms with Gasteiger partial charge in [-0.05, 0) is 38.1 Å². The number of hydrogen-bond acceptors (Lipinski definition) is 3. The summed E-state index contributed by atoms with van der Waals surface area (Å²) in [5, 5.41) is 3.24. The monoisotopic (exact) mass is 301 g/mol. The fraction of sp³-hybridized carbons (Fsp3) is 1.00. The van der Waals surface area contributed by atoms with Crippen molar-refractivity contribution in [3.05, 3.63) is 0 Å². The van der Waals surface area contributed by atoms with E-state index in [-0.39, 0.29) is 16.5 Å². The van der Waals surface area contributed by atoms with Crippen molar-refractivity contribution in [1.29, 1.82) is 0 Å². The van der Waals surface area contributed by atoms with E-state index in [9.17, 15) is 8.42 Å². The van der Waals surface area contributed by atoms with E-state index in [2.05, 4.69) is 19.2 Å². The summed E-state index contributed by atoms with van der Waals surface area (Å²) in [5.74, 6) is 0.576. The van der Waals surface area contributed by atoms with Gasteiger partial charge in [0, 0.05) is 6.04 Å². The van der Waals surface area contributed by atoms with Gasteiger partial charge in [0.15, 0.2) is 9.84 Å². The predicted molar refractivity (Wildman–Crippen MR) is 84.7 cm³/mol. The lowest BCUT2D eigenvalue weighted by molar-refractivity contribution is 0.374. The van der Waals surface area contributed by atoms with Gasteiger partial charge in [-0.15, -0.1) is 0 Å². The van der Waals surface area contributed by atoms with Crippen molar-refractivity contribution >= 4 is 9.84 Å². The van der Waals surface area contributed by atoms with Crippen molar-refractivity contribution in [2.24, 2.45) is 5.92 Å². The summed E-state index contributed by atoms with van der Waals surface area (Å²) in [6, 6.07) is 0.185. The number of hydrogen-bond donors (Lipinski definition) is 1. The van der Waals surface area contributed by atoms with Crippen LogP contribution in [0.4, 0.5) is 0 Å². The fourth-order valence-electron chi connectivity index (χ4n) is 4.09. The SMILES string of the molecule is CCNC1CCCCCC1S(=O)(=O)C1CCCC(C)C1.